The van der Waals surface area contributed by atoms with Gasteiger partial charge in [0.05, 0.1) is 12.8 Å². The molecule has 0 aliphatic rings. The highest BCUT2D eigenvalue weighted by atomic mass is 16.5. The highest BCUT2D eigenvalue weighted by molar-refractivity contribution is 5.93. The van der Waals surface area contributed by atoms with Gasteiger partial charge in [-0.15, -0.1) is 5.10 Å². The number of carbonyl (C=O) groups is 1. The molecule has 23 heavy (non-hydrogen) atoms. The van der Waals surface area contributed by atoms with Crippen molar-refractivity contribution < 1.29 is 14.3 Å². The van der Waals surface area contributed by atoms with Gasteiger partial charge in [0.25, 0.3) is 0 Å². The van der Waals surface area contributed by atoms with Gasteiger partial charge < -0.3 is 9.47 Å². The minimum absolute atomic E-state index is 0.128. The molecule has 0 atom stereocenters. The molecule has 0 fully saturated rings. The lowest BCUT2D eigenvalue weighted by molar-refractivity contribution is 0.0520. The van der Waals surface area contributed by atoms with Crippen LogP contribution in [-0.2, 0) is 4.74 Å². The molecule has 3 rings (SSSR count). The Morgan fingerprint density at radius 1 is 1.26 bits per heavy atom. The molecule has 8 nitrogen and oxygen atoms in total. The Bertz CT molecular complexity index is 804. The third kappa shape index (κ3) is 3.31. The van der Waals surface area contributed by atoms with Gasteiger partial charge in [0.15, 0.2) is 5.69 Å². The number of nitrogens with zero attached hydrogens (tertiary/aromatic N) is 4. The lowest BCUT2D eigenvalue weighted by Crippen LogP contribution is -2.06. The summed E-state index contributed by atoms with van der Waals surface area (Å²) in [6.45, 7) is 1.99. The number of ether oxygens (including phenoxy) is 2. The van der Waals surface area contributed by atoms with E-state index >= 15 is 0 Å². The Balaban J connectivity index is 1.89. The maximum Gasteiger partial charge on any atom is 0.361 e. The molecule has 0 amide bonds. The second-order valence-corrected chi connectivity index (χ2v) is 4.41. The van der Waals surface area contributed by atoms with E-state index in [2.05, 4.69) is 25.4 Å². The average molecular weight is 311 g/mol. The van der Waals surface area contributed by atoms with Crippen LogP contribution < -0.4 is 4.74 Å². The Labute approximate surface area is 131 Å². The van der Waals surface area contributed by atoms with Crippen molar-refractivity contribution in [2.75, 3.05) is 6.61 Å². The van der Waals surface area contributed by atoms with Gasteiger partial charge in [0.2, 0.25) is 5.88 Å². The van der Waals surface area contributed by atoms with Crippen molar-refractivity contribution in [1.82, 2.24) is 25.4 Å². The normalized spacial score (nSPS) is 10.3. The first-order valence-electron chi connectivity index (χ1n) is 6.90. The Hall–Kier alpha value is -3.29. The predicted octanol–water partition coefficient (Wildman–Crippen LogP) is 2.23. The number of H-pyrrole nitrogens is 1. The molecule has 2 heterocycles. The van der Waals surface area contributed by atoms with E-state index in [0.29, 0.717) is 22.9 Å². The van der Waals surface area contributed by atoms with E-state index in [1.165, 1.54) is 12.4 Å². The molecule has 1 aromatic carbocycles. The monoisotopic (exact) mass is 311 g/mol. The number of nitrogens with one attached hydrogen (secondary N) is 1. The van der Waals surface area contributed by atoms with Crippen LogP contribution in [0.15, 0.2) is 42.9 Å². The van der Waals surface area contributed by atoms with Gasteiger partial charge in [-0.05, 0) is 19.1 Å². The summed E-state index contributed by atoms with van der Waals surface area (Å²) in [4.78, 5) is 19.9. The fourth-order valence-corrected chi connectivity index (χ4v) is 1.94. The summed E-state index contributed by atoms with van der Waals surface area (Å²) < 4.78 is 10.6. The van der Waals surface area contributed by atoms with Crippen molar-refractivity contribution >= 4 is 5.97 Å². The summed E-state index contributed by atoms with van der Waals surface area (Å²) >= 11 is 0. The Morgan fingerprint density at radius 2 is 2.17 bits per heavy atom. The van der Waals surface area contributed by atoms with Crippen LogP contribution in [0.4, 0.5) is 0 Å². The molecule has 0 saturated heterocycles. The van der Waals surface area contributed by atoms with E-state index in [4.69, 9.17) is 9.47 Å². The molecule has 116 valence electrons. The van der Waals surface area contributed by atoms with Crippen LogP contribution in [0.2, 0.25) is 0 Å². The zero-order valence-corrected chi connectivity index (χ0v) is 12.3. The molecule has 3 aromatic rings. The molecule has 0 spiro atoms. The van der Waals surface area contributed by atoms with E-state index in [9.17, 15) is 4.79 Å². The molecule has 8 heteroatoms. The summed E-state index contributed by atoms with van der Waals surface area (Å²) in [6.07, 6.45) is 4.60. The van der Waals surface area contributed by atoms with Crippen molar-refractivity contribution in [3.05, 3.63) is 48.5 Å². The van der Waals surface area contributed by atoms with Gasteiger partial charge in [-0.3, -0.25) is 4.98 Å². The average Bonchev–Trinajstić information content (AvgIpc) is 3.06. The first-order chi connectivity index (χ1) is 11.3. The highest BCUT2D eigenvalue weighted by Gasteiger charge is 2.19. The largest absolute Gasteiger partial charge is 0.461 e. The van der Waals surface area contributed by atoms with E-state index < -0.39 is 5.97 Å². The quantitative estimate of drug-likeness (QED) is 0.720. The first kappa shape index (κ1) is 14.6. The van der Waals surface area contributed by atoms with Crippen LogP contribution in [-0.4, -0.2) is 38.0 Å². The van der Waals surface area contributed by atoms with Crippen LogP contribution in [0.25, 0.3) is 11.3 Å². The van der Waals surface area contributed by atoms with E-state index in [-0.39, 0.29) is 12.3 Å². The van der Waals surface area contributed by atoms with Crippen molar-refractivity contribution in [2.45, 2.75) is 6.92 Å². The smallest absolute Gasteiger partial charge is 0.361 e. The van der Waals surface area contributed by atoms with E-state index in [1.807, 2.05) is 0 Å². The standard InChI is InChI=1S/C15H13N5O3/c1-2-22-15(21)14-13(18-20-19-14)10-4-3-5-11(8-10)23-12-9-16-6-7-17-12/h3-9H,2H2,1H3,(H,18,19,20). The van der Waals surface area contributed by atoms with Crippen molar-refractivity contribution in [3.63, 3.8) is 0 Å². The first-order valence-corrected chi connectivity index (χ1v) is 6.90. The number of rotatable bonds is 5. The van der Waals surface area contributed by atoms with Gasteiger partial charge >= 0.3 is 5.97 Å². The second kappa shape index (κ2) is 6.65. The lowest BCUT2D eigenvalue weighted by Gasteiger charge is -2.06. The maximum atomic E-state index is 11.9. The number of aromatic amines is 1. The molecule has 0 radical (unpaired) electrons. The van der Waals surface area contributed by atoms with Crippen molar-refractivity contribution in [2.24, 2.45) is 0 Å². The van der Waals surface area contributed by atoms with Crippen LogP contribution in [0.1, 0.15) is 17.4 Å². The number of hydrogen-bond acceptors (Lipinski definition) is 7. The molecule has 1 N–H and O–H groups in total. The number of carbonyl (C=O) groups excluding carboxylic acids is 1. The van der Waals surface area contributed by atoms with Gasteiger partial charge in [0, 0.05) is 18.0 Å². The fourth-order valence-electron chi connectivity index (χ4n) is 1.94. The highest BCUT2D eigenvalue weighted by Crippen LogP contribution is 2.26. The van der Waals surface area contributed by atoms with Gasteiger partial charge in [-0.1, -0.05) is 12.1 Å². The van der Waals surface area contributed by atoms with Crippen LogP contribution >= 0.6 is 0 Å². The molecule has 0 aliphatic carbocycles. The fraction of sp³-hybridized carbons (Fsp3) is 0.133. The molecular formula is C15H13N5O3. The number of aromatic nitrogens is 5. The minimum Gasteiger partial charge on any atom is -0.461 e. The zero-order chi connectivity index (χ0) is 16.1. The lowest BCUT2D eigenvalue weighted by atomic mass is 10.1. The minimum atomic E-state index is -0.531. The number of esters is 1. The SMILES string of the molecule is CCOC(=O)c1n[nH]nc1-c1cccc(Oc2cnccn2)c1. The molecule has 0 unspecified atom stereocenters. The summed E-state index contributed by atoms with van der Waals surface area (Å²) in [5, 5.41) is 10.3. The van der Waals surface area contributed by atoms with Gasteiger partial charge in [-0.2, -0.15) is 10.3 Å². The maximum absolute atomic E-state index is 11.9. The van der Waals surface area contributed by atoms with Crippen molar-refractivity contribution in [1.29, 1.82) is 0 Å². The summed E-state index contributed by atoms with van der Waals surface area (Å²) in [7, 11) is 0. The van der Waals surface area contributed by atoms with Crippen LogP contribution in [0.5, 0.6) is 11.6 Å². The van der Waals surface area contributed by atoms with E-state index in [1.54, 1.807) is 37.4 Å². The summed E-state index contributed by atoms with van der Waals surface area (Å²) in [6, 6.07) is 7.08. The third-order valence-electron chi connectivity index (χ3n) is 2.89. The Morgan fingerprint density at radius 3 is 2.96 bits per heavy atom. The van der Waals surface area contributed by atoms with Gasteiger partial charge in [-0.25, -0.2) is 9.78 Å². The topological polar surface area (TPSA) is 103 Å². The molecule has 2 aromatic heterocycles. The predicted molar refractivity (Wildman–Crippen MR) is 79.9 cm³/mol. The zero-order valence-electron chi connectivity index (χ0n) is 12.3. The summed E-state index contributed by atoms with van der Waals surface area (Å²) in [5.74, 6) is 0.382. The summed E-state index contributed by atoms with van der Waals surface area (Å²) in [5.41, 5.74) is 1.19. The molecule has 0 saturated carbocycles. The number of hydrogen-bond donors (Lipinski definition) is 1. The molecule has 0 bridgehead atoms. The van der Waals surface area contributed by atoms with Crippen LogP contribution in [0.3, 0.4) is 0 Å². The molecular weight excluding hydrogens is 298 g/mol. The van der Waals surface area contributed by atoms with E-state index in [0.717, 1.165) is 0 Å². The third-order valence-corrected chi connectivity index (χ3v) is 2.89. The Kier molecular flexibility index (Phi) is 4.23. The number of benzene rings is 1. The second-order valence-electron chi connectivity index (χ2n) is 4.41. The van der Waals surface area contributed by atoms with Gasteiger partial charge in [0.1, 0.15) is 11.4 Å². The molecule has 0 aliphatic heterocycles. The van der Waals surface area contributed by atoms with Crippen molar-refractivity contribution in [3.8, 4) is 22.9 Å². The van der Waals surface area contributed by atoms with Crippen LogP contribution in [0, 0.1) is 0 Å².